The zero-order valence-electron chi connectivity index (χ0n) is 12.0. The topological polar surface area (TPSA) is 20.2 Å². The summed E-state index contributed by atoms with van der Waals surface area (Å²) in [6, 6.07) is 7.66. The Morgan fingerprint density at radius 2 is 2.00 bits per heavy atom. The number of phenolic OH excluding ortho intramolecular Hbond substituents is 1. The molecule has 0 heterocycles. The minimum atomic E-state index is 0.217. The molecule has 1 aromatic carbocycles. The van der Waals surface area contributed by atoms with E-state index in [1.807, 2.05) is 12.1 Å². The number of benzene rings is 1. The van der Waals surface area contributed by atoms with Crippen molar-refractivity contribution in [2.45, 2.75) is 39.0 Å². The summed E-state index contributed by atoms with van der Waals surface area (Å²) in [6.07, 6.45) is 5.57. The van der Waals surface area contributed by atoms with Crippen LogP contribution in [0.25, 0.3) is 0 Å². The molecular weight excluding hydrogens is 232 g/mol. The quantitative estimate of drug-likeness (QED) is 0.751. The van der Waals surface area contributed by atoms with Crippen molar-refractivity contribution in [3.8, 4) is 5.75 Å². The lowest BCUT2D eigenvalue weighted by Gasteiger charge is -2.42. The second kappa shape index (κ2) is 5.24. The van der Waals surface area contributed by atoms with Gasteiger partial charge in [0.15, 0.2) is 0 Å². The van der Waals surface area contributed by atoms with Gasteiger partial charge in [-0.25, -0.2) is 0 Å². The van der Waals surface area contributed by atoms with Crippen LogP contribution in [0.5, 0.6) is 5.75 Å². The van der Waals surface area contributed by atoms with E-state index in [9.17, 15) is 5.11 Å². The van der Waals surface area contributed by atoms with Crippen LogP contribution in [-0.4, -0.2) is 5.11 Å². The first-order chi connectivity index (χ1) is 8.95. The van der Waals surface area contributed by atoms with Gasteiger partial charge in [-0.1, -0.05) is 37.3 Å². The highest BCUT2D eigenvalue weighted by molar-refractivity contribution is 5.31. The molecule has 0 unspecified atom stereocenters. The van der Waals surface area contributed by atoms with Gasteiger partial charge in [0, 0.05) is 0 Å². The summed E-state index contributed by atoms with van der Waals surface area (Å²) >= 11 is 0. The van der Waals surface area contributed by atoms with Crippen LogP contribution in [0.15, 0.2) is 49.1 Å². The zero-order valence-corrected chi connectivity index (χ0v) is 12.0. The molecule has 0 saturated heterocycles. The van der Waals surface area contributed by atoms with Crippen LogP contribution in [0.1, 0.15) is 44.6 Å². The number of phenols is 1. The molecule has 0 spiro atoms. The third kappa shape index (κ3) is 2.91. The van der Waals surface area contributed by atoms with E-state index in [0.717, 1.165) is 6.42 Å². The van der Waals surface area contributed by atoms with E-state index in [1.54, 1.807) is 12.1 Å². The number of hydrogen-bond acceptors (Lipinski definition) is 1. The lowest BCUT2D eigenvalue weighted by molar-refractivity contribution is 0.210. The molecule has 1 N–H and O–H groups in total. The first-order valence-electron chi connectivity index (χ1n) is 7.03. The predicted molar refractivity (Wildman–Crippen MR) is 81.3 cm³/mol. The Morgan fingerprint density at radius 3 is 2.53 bits per heavy atom. The zero-order chi connectivity index (χ0) is 14.0. The molecular formula is C18H24O. The average molecular weight is 256 g/mol. The lowest BCUT2D eigenvalue weighted by Crippen LogP contribution is -2.29. The van der Waals surface area contributed by atoms with Crippen molar-refractivity contribution in [1.82, 2.24) is 0 Å². The maximum atomic E-state index is 9.45. The molecule has 19 heavy (non-hydrogen) atoms. The molecule has 0 bridgehead atoms. The molecule has 0 radical (unpaired) electrons. The maximum Gasteiger partial charge on any atom is 0.115 e. The molecule has 0 aliphatic heterocycles. The Bertz CT molecular complexity index is 471. The van der Waals surface area contributed by atoms with E-state index < -0.39 is 0 Å². The Labute approximate surface area is 116 Å². The highest BCUT2D eigenvalue weighted by Gasteiger charge is 2.36. The predicted octanol–water partition coefficient (Wildman–Crippen LogP) is 5.04. The van der Waals surface area contributed by atoms with Gasteiger partial charge in [0.2, 0.25) is 0 Å². The van der Waals surface area contributed by atoms with Crippen LogP contribution in [0.3, 0.4) is 0 Å². The third-order valence-corrected chi connectivity index (χ3v) is 4.65. The monoisotopic (exact) mass is 256 g/mol. The molecule has 102 valence electrons. The fourth-order valence-corrected chi connectivity index (χ4v) is 3.28. The van der Waals surface area contributed by atoms with Gasteiger partial charge in [0.25, 0.3) is 0 Å². The molecule has 1 saturated carbocycles. The summed E-state index contributed by atoms with van der Waals surface area (Å²) in [5.74, 6) is 1.35. The molecule has 3 atom stereocenters. The first-order valence-corrected chi connectivity index (χ1v) is 7.03. The van der Waals surface area contributed by atoms with Gasteiger partial charge in [-0.2, -0.15) is 0 Å². The van der Waals surface area contributed by atoms with Crippen LogP contribution < -0.4 is 0 Å². The molecule has 1 heteroatoms. The summed E-state index contributed by atoms with van der Waals surface area (Å²) in [7, 11) is 0. The van der Waals surface area contributed by atoms with Gasteiger partial charge in [-0.05, 0) is 61.1 Å². The Kier molecular flexibility index (Phi) is 3.84. The number of hydrogen-bond donors (Lipinski definition) is 1. The SMILES string of the molecule is C=C[C@]1(C)CC[C@@H](C(=C)C)[C@@H](c2ccc(O)cc2)C1. The van der Waals surface area contributed by atoms with Crippen molar-refractivity contribution in [2.75, 3.05) is 0 Å². The molecule has 1 fully saturated rings. The third-order valence-electron chi connectivity index (χ3n) is 4.65. The molecule has 1 aromatic rings. The normalized spacial score (nSPS) is 30.8. The number of rotatable bonds is 3. The van der Waals surface area contributed by atoms with Crippen molar-refractivity contribution >= 4 is 0 Å². The van der Waals surface area contributed by atoms with E-state index >= 15 is 0 Å². The fraction of sp³-hybridized carbons (Fsp3) is 0.444. The van der Waals surface area contributed by atoms with Crippen LogP contribution in [0, 0.1) is 11.3 Å². The minimum Gasteiger partial charge on any atom is -0.508 e. The van der Waals surface area contributed by atoms with E-state index in [4.69, 9.17) is 0 Å². The van der Waals surface area contributed by atoms with Gasteiger partial charge >= 0.3 is 0 Å². The summed E-state index contributed by atoms with van der Waals surface area (Å²) in [4.78, 5) is 0. The van der Waals surface area contributed by atoms with E-state index in [2.05, 4.69) is 33.1 Å². The lowest BCUT2D eigenvalue weighted by atomic mass is 9.63. The second-order valence-electron chi connectivity index (χ2n) is 6.25. The van der Waals surface area contributed by atoms with Gasteiger partial charge in [0.05, 0.1) is 0 Å². The van der Waals surface area contributed by atoms with Crippen LogP contribution >= 0.6 is 0 Å². The maximum absolute atomic E-state index is 9.45. The van der Waals surface area contributed by atoms with E-state index in [-0.39, 0.29) is 5.41 Å². The Balaban J connectivity index is 2.32. The van der Waals surface area contributed by atoms with Crippen molar-refractivity contribution in [2.24, 2.45) is 11.3 Å². The summed E-state index contributed by atoms with van der Waals surface area (Å²) < 4.78 is 0. The van der Waals surface area contributed by atoms with Crippen molar-refractivity contribution in [3.05, 3.63) is 54.6 Å². The van der Waals surface area contributed by atoms with Crippen molar-refractivity contribution in [3.63, 3.8) is 0 Å². The highest BCUT2D eigenvalue weighted by atomic mass is 16.3. The van der Waals surface area contributed by atoms with Gasteiger partial charge in [-0.3, -0.25) is 0 Å². The number of aromatic hydroxyl groups is 1. The van der Waals surface area contributed by atoms with E-state index in [0.29, 0.717) is 17.6 Å². The van der Waals surface area contributed by atoms with Crippen LogP contribution in [-0.2, 0) is 0 Å². The highest BCUT2D eigenvalue weighted by Crippen LogP contribution is 2.49. The average Bonchev–Trinajstić information content (AvgIpc) is 2.39. The van der Waals surface area contributed by atoms with Gasteiger partial charge in [0.1, 0.15) is 5.75 Å². The van der Waals surface area contributed by atoms with Crippen molar-refractivity contribution < 1.29 is 5.11 Å². The molecule has 0 aromatic heterocycles. The second-order valence-corrected chi connectivity index (χ2v) is 6.25. The molecule has 1 aliphatic carbocycles. The minimum absolute atomic E-state index is 0.217. The Hall–Kier alpha value is -1.50. The summed E-state index contributed by atoms with van der Waals surface area (Å²) in [5.41, 5.74) is 2.79. The van der Waals surface area contributed by atoms with Gasteiger partial charge < -0.3 is 5.11 Å². The number of allylic oxidation sites excluding steroid dienone is 2. The first kappa shape index (κ1) is 13.9. The van der Waals surface area contributed by atoms with Gasteiger partial charge in [-0.15, -0.1) is 6.58 Å². The van der Waals surface area contributed by atoms with Crippen LogP contribution in [0.4, 0.5) is 0 Å². The fourth-order valence-electron chi connectivity index (χ4n) is 3.28. The van der Waals surface area contributed by atoms with E-state index in [1.165, 1.54) is 24.0 Å². The van der Waals surface area contributed by atoms with Crippen molar-refractivity contribution in [1.29, 1.82) is 0 Å². The molecule has 1 nitrogen and oxygen atoms in total. The van der Waals surface area contributed by atoms with Crippen LogP contribution in [0.2, 0.25) is 0 Å². The largest absolute Gasteiger partial charge is 0.508 e. The Morgan fingerprint density at radius 1 is 1.37 bits per heavy atom. The molecule has 0 amide bonds. The molecule has 2 rings (SSSR count). The molecule has 1 aliphatic rings. The summed E-state index contributed by atoms with van der Waals surface area (Å²) in [5, 5.41) is 9.45. The summed E-state index contributed by atoms with van der Waals surface area (Å²) in [6.45, 7) is 12.6. The standard InChI is InChI=1S/C18H24O/c1-5-18(4)11-10-16(13(2)3)17(12-18)14-6-8-15(19)9-7-14/h5-9,16-17,19H,1-2,10-12H2,3-4H3/t16-,17+,18+/m0/s1. The smallest absolute Gasteiger partial charge is 0.115 e.